The van der Waals surface area contributed by atoms with Crippen LogP contribution < -0.4 is 10.9 Å². The molecule has 0 fully saturated rings. The standard InChI is InChI=1S/C22H22N6O2S/c1-13-14(2)24-19-9-8-17(10-18(13)19)21(30)26-25-20(29)16-6-4-15(5-7-16)11-31-22-27-23-12-28(22)3/h4-10,12,24H,11H2,1-3H3,(H,25,29)(H,26,30). The zero-order valence-corrected chi connectivity index (χ0v) is 18.2. The van der Waals surface area contributed by atoms with Crippen molar-refractivity contribution < 1.29 is 9.59 Å². The number of H-pyrrole nitrogens is 1. The van der Waals surface area contributed by atoms with Crippen LogP contribution in [0.1, 0.15) is 37.5 Å². The van der Waals surface area contributed by atoms with Crippen molar-refractivity contribution in [1.29, 1.82) is 0 Å². The number of hydrogen-bond acceptors (Lipinski definition) is 5. The van der Waals surface area contributed by atoms with Crippen LogP contribution in [0.3, 0.4) is 0 Å². The molecule has 3 N–H and O–H groups in total. The summed E-state index contributed by atoms with van der Waals surface area (Å²) in [5.41, 5.74) is 10.1. The number of aromatic nitrogens is 4. The number of thioether (sulfide) groups is 1. The highest BCUT2D eigenvalue weighted by atomic mass is 32.2. The second-order valence-corrected chi connectivity index (χ2v) is 8.20. The third-order valence-corrected chi connectivity index (χ3v) is 6.22. The van der Waals surface area contributed by atoms with Crippen molar-refractivity contribution in [2.45, 2.75) is 24.8 Å². The number of benzene rings is 2. The maximum atomic E-state index is 12.5. The molecular weight excluding hydrogens is 412 g/mol. The van der Waals surface area contributed by atoms with Gasteiger partial charge in [0.15, 0.2) is 5.16 Å². The van der Waals surface area contributed by atoms with Gasteiger partial charge in [-0.2, -0.15) is 0 Å². The predicted octanol–water partition coefficient (Wildman–Crippen LogP) is 3.28. The van der Waals surface area contributed by atoms with Crippen molar-refractivity contribution in [2.75, 3.05) is 0 Å². The Bertz CT molecular complexity index is 1260. The van der Waals surface area contributed by atoms with Gasteiger partial charge in [-0.3, -0.25) is 20.4 Å². The van der Waals surface area contributed by atoms with Crippen LogP contribution >= 0.6 is 11.8 Å². The molecule has 0 aliphatic rings. The maximum absolute atomic E-state index is 12.5. The van der Waals surface area contributed by atoms with Crippen LogP contribution in [0.2, 0.25) is 0 Å². The van der Waals surface area contributed by atoms with Crippen LogP contribution in [0.5, 0.6) is 0 Å². The van der Waals surface area contributed by atoms with Gasteiger partial charge >= 0.3 is 0 Å². The molecule has 0 atom stereocenters. The predicted molar refractivity (Wildman–Crippen MR) is 120 cm³/mol. The van der Waals surface area contributed by atoms with Crippen molar-refractivity contribution in [3.8, 4) is 0 Å². The molecule has 0 aliphatic carbocycles. The van der Waals surface area contributed by atoms with E-state index in [4.69, 9.17) is 0 Å². The number of nitrogens with one attached hydrogen (secondary N) is 3. The van der Waals surface area contributed by atoms with Crippen LogP contribution in [0.4, 0.5) is 0 Å². The molecular formula is C22H22N6O2S. The maximum Gasteiger partial charge on any atom is 0.269 e. The average molecular weight is 435 g/mol. The van der Waals surface area contributed by atoms with Gasteiger partial charge in [-0.1, -0.05) is 23.9 Å². The lowest BCUT2D eigenvalue weighted by Gasteiger charge is -2.08. The summed E-state index contributed by atoms with van der Waals surface area (Å²) in [6.45, 7) is 4.00. The molecule has 0 unspecified atom stereocenters. The summed E-state index contributed by atoms with van der Waals surface area (Å²) < 4.78 is 1.85. The molecule has 2 heterocycles. The topological polar surface area (TPSA) is 105 Å². The zero-order chi connectivity index (χ0) is 22.0. The van der Waals surface area contributed by atoms with Crippen LogP contribution in [0.15, 0.2) is 53.9 Å². The number of hydrazine groups is 1. The molecule has 9 heteroatoms. The first-order valence-electron chi connectivity index (χ1n) is 9.67. The first-order chi connectivity index (χ1) is 14.9. The van der Waals surface area contributed by atoms with E-state index < -0.39 is 0 Å². The molecule has 2 aromatic carbocycles. The highest BCUT2D eigenvalue weighted by Gasteiger charge is 2.12. The van der Waals surface area contributed by atoms with E-state index >= 15 is 0 Å². The number of carbonyl (C=O) groups is 2. The Morgan fingerprint density at radius 1 is 1.03 bits per heavy atom. The molecule has 2 aromatic heterocycles. The fourth-order valence-electron chi connectivity index (χ4n) is 3.16. The second-order valence-electron chi connectivity index (χ2n) is 7.25. The quantitative estimate of drug-likeness (QED) is 0.330. The van der Waals surface area contributed by atoms with Crippen molar-refractivity contribution in [1.82, 2.24) is 30.6 Å². The van der Waals surface area contributed by atoms with Gasteiger partial charge < -0.3 is 9.55 Å². The monoisotopic (exact) mass is 434 g/mol. The third-order valence-electron chi connectivity index (χ3n) is 5.11. The van der Waals surface area contributed by atoms with E-state index in [1.54, 1.807) is 36.3 Å². The summed E-state index contributed by atoms with van der Waals surface area (Å²) >= 11 is 1.57. The van der Waals surface area contributed by atoms with Crippen LogP contribution in [0, 0.1) is 13.8 Å². The molecule has 0 saturated heterocycles. The summed E-state index contributed by atoms with van der Waals surface area (Å²) in [4.78, 5) is 28.1. The number of fused-ring (bicyclic) bond motifs is 1. The summed E-state index contributed by atoms with van der Waals surface area (Å²) in [5, 5.41) is 9.70. The fourth-order valence-corrected chi connectivity index (χ4v) is 4.01. The molecule has 158 valence electrons. The van der Waals surface area contributed by atoms with Gasteiger partial charge in [-0.05, 0) is 55.3 Å². The highest BCUT2D eigenvalue weighted by molar-refractivity contribution is 7.98. The Morgan fingerprint density at radius 3 is 2.39 bits per heavy atom. The minimum Gasteiger partial charge on any atom is -0.358 e. The molecule has 4 rings (SSSR count). The van der Waals surface area contributed by atoms with Crippen LogP contribution in [-0.4, -0.2) is 31.6 Å². The number of amides is 2. The number of aryl methyl sites for hydroxylation is 3. The van der Waals surface area contributed by atoms with E-state index in [9.17, 15) is 9.59 Å². The molecule has 31 heavy (non-hydrogen) atoms. The van der Waals surface area contributed by atoms with Crippen molar-refractivity contribution >= 4 is 34.5 Å². The van der Waals surface area contributed by atoms with Crippen LogP contribution in [-0.2, 0) is 12.8 Å². The SMILES string of the molecule is Cc1[nH]c2ccc(C(=O)NNC(=O)c3ccc(CSc4nncn4C)cc3)cc2c1C. The first kappa shape index (κ1) is 20.7. The van der Waals surface area contributed by atoms with E-state index in [0.717, 1.165) is 32.9 Å². The van der Waals surface area contributed by atoms with Gasteiger partial charge in [0.25, 0.3) is 11.8 Å². The minimum atomic E-state index is -0.379. The molecule has 8 nitrogen and oxygen atoms in total. The Balaban J connectivity index is 1.34. The Kier molecular flexibility index (Phi) is 5.77. The van der Waals surface area contributed by atoms with Gasteiger partial charge in [-0.15, -0.1) is 10.2 Å². The smallest absolute Gasteiger partial charge is 0.269 e. The van der Waals surface area contributed by atoms with Crippen molar-refractivity contribution in [2.24, 2.45) is 7.05 Å². The lowest BCUT2D eigenvalue weighted by Crippen LogP contribution is -2.41. The Labute approximate surface area is 183 Å². The average Bonchev–Trinajstić information content (AvgIpc) is 3.32. The fraction of sp³-hybridized carbons (Fsp3) is 0.182. The van der Waals surface area contributed by atoms with Crippen molar-refractivity contribution in [3.05, 3.63) is 76.7 Å². The molecule has 0 radical (unpaired) electrons. The Morgan fingerprint density at radius 2 is 1.71 bits per heavy atom. The number of nitrogens with zero attached hydrogens (tertiary/aromatic N) is 3. The highest BCUT2D eigenvalue weighted by Crippen LogP contribution is 2.22. The van der Waals surface area contributed by atoms with Gasteiger partial charge in [0.2, 0.25) is 0 Å². The van der Waals surface area contributed by atoms with E-state index in [-0.39, 0.29) is 11.8 Å². The number of aromatic amines is 1. The second kappa shape index (κ2) is 8.65. The molecule has 0 aliphatic heterocycles. The minimum absolute atomic E-state index is 0.370. The normalized spacial score (nSPS) is 10.9. The Hall–Kier alpha value is -3.59. The van der Waals surface area contributed by atoms with Crippen LogP contribution in [0.25, 0.3) is 10.9 Å². The lowest BCUT2D eigenvalue weighted by molar-refractivity contribution is 0.0847. The van der Waals surface area contributed by atoms with E-state index in [1.165, 1.54) is 0 Å². The molecule has 2 amide bonds. The third kappa shape index (κ3) is 4.46. The van der Waals surface area contributed by atoms with Crippen molar-refractivity contribution in [3.63, 3.8) is 0 Å². The number of rotatable bonds is 5. The van der Waals surface area contributed by atoms with Gasteiger partial charge in [0, 0.05) is 40.5 Å². The zero-order valence-electron chi connectivity index (χ0n) is 17.4. The van der Waals surface area contributed by atoms with E-state index in [0.29, 0.717) is 16.9 Å². The molecule has 0 saturated carbocycles. The molecule has 4 aromatic rings. The first-order valence-corrected chi connectivity index (χ1v) is 10.7. The summed E-state index contributed by atoms with van der Waals surface area (Å²) in [7, 11) is 1.89. The van der Waals surface area contributed by atoms with Gasteiger partial charge in [0.05, 0.1) is 0 Å². The van der Waals surface area contributed by atoms with Gasteiger partial charge in [0.1, 0.15) is 6.33 Å². The summed E-state index contributed by atoms with van der Waals surface area (Å²) in [6.07, 6.45) is 1.66. The molecule has 0 spiro atoms. The number of carbonyl (C=O) groups excluding carboxylic acids is 2. The lowest BCUT2D eigenvalue weighted by atomic mass is 10.1. The van der Waals surface area contributed by atoms with Gasteiger partial charge in [-0.25, -0.2) is 0 Å². The largest absolute Gasteiger partial charge is 0.358 e. The summed E-state index contributed by atoms with van der Waals surface area (Å²) in [6, 6.07) is 12.6. The van der Waals surface area contributed by atoms with E-state index in [2.05, 4.69) is 26.0 Å². The summed E-state index contributed by atoms with van der Waals surface area (Å²) in [5.74, 6) is -0.0353. The van der Waals surface area contributed by atoms with E-state index in [1.807, 2.05) is 49.7 Å². The number of hydrogen-bond donors (Lipinski definition) is 3. The molecule has 0 bridgehead atoms.